The van der Waals surface area contributed by atoms with Gasteiger partial charge in [0.2, 0.25) is 0 Å². The number of halogens is 1. The molecule has 1 unspecified atom stereocenters. The quantitative estimate of drug-likeness (QED) is 0.318. The van der Waals surface area contributed by atoms with Crippen molar-refractivity contribution in [3.63, 3.8) is 0 Å². The number of aliphatic carboxylic acids is 1. The zero-order valence-electron chi connectivity index (χ0n) is 22.1. The lowest BCUT2D eigenvalue weighted by Gasteiger charge is -2.32. The van der Waals surface area contributed by atoms with E-state index in [0.717, 1.165) is 61.2 Å². The van der Waals surface area contributed by atoms with Crippen molar-refractivity contribution in [1.29, 1.82) is 0 Å². The number of nitrogens with zero attached hydrogens (tertiary/aromatic N) is 1. The van der Waals surface area contributed by atoms with Crippen LogP contribution >= 0.6 is 12.4 Å². The summed E-state index contributed by atoms with van der Waals surface area (Å²) in [6, 6.07) is 26.0. The number of rotatable bonds is 10. The first kappa shape index (κ1) is 28.7. The molecule has 1 saturated heterocycles. The summed E-state index contributed by atoms with van der Waals surface area (Å²) in [5.41, 5.74) is 5.97. The number of benzene rings is 3. The molecule has 206 valence electrons. The van der Waals surface area contributed by atoms with Crippen molar-refractivity contribution in [3.8, 4) is 11.1 Å². The van der Waals surface area contributed by atoms with Gasteiger partial charge in [-0.1, -0.05) is 78.9 Å². The summed E-state index contributed by atoms with van der Waals surface area (Å²) in [6.45, 7) is 3.09. The van der Waals surface area contributed by atoms with Crippen LogP contribution in [0.25, 0.3) is 11.1 Å². The van der Waals surface area contributed by atoms with Crippen molar-refractivity contribution < 1.29 is 19.4 Å². The molecule has 1 aliphatic carbocycles. The van der Waals surface area contributed by atoms with Crippen LogP contribution in [0, 0.1) is 5.92 Å². The number of nitrogens with one attached hydrogen (secondary N) is 1. The van der Waals surface area contributed by atoms with Gasteiger partial charge in [0.15, 0.2) is 0 Å². The summed E-state index contributed by atoms with van der Waals surface area (Å²) in [7, 11) is 0. The minimum Gasteiger partial charge on any atom is -0.480 e. The van der Waals surface area contributed by atoms with E-state index in [1.54, 1.807) is 0 Å². The van der Waals surface area contributed by atoms with Crippen molar-refractivity contribution >= 4 is 24.5 Å². The number of carbonyl (C=O) groups is 2. The third-order valence-electron chi connectivity index (χ3n) is 7.98. The highest BCUT2D eigenvalue weighted by Gasteiger charge is 2.30. The predicted octanol–water partition coefficient (Wildman–Crippen LogP) is 6.14. The lowest BCUT2D eigenvalue weighted by molar-refractivity contribution is -0.139. The first-order valence-electron chi connectivity index (χ1n) is 13.7. The van der Waals surface area contributed by atoms with Crippen molar-refractivity contribution in [2.45, 2.75) is 44.1 Å². The second kappa shape index (κ2) is 13.6. The molecular formula is C32H37ClN2O4. The molecule has 2 N–H and O–H groups in total. The average molecular weight is 549 g/mol. The number of piperidine rings is 1. The maximum Gasteiger partial charge on any atom is 0.407 e. The summed E-state index contributed by atoms with van der Waals surface area (Å²) in [5, 5.41) is 12.3. The second-order valence-corrected chi connectivity index (χ2v) is 10.5. The van der Waals surface area contributed by atoms with Gasteiger partial charge in [0.1, 0.15) is 12.6 Å². The van der Waals surface area contributed by atoms with Gasteiger partial charge >= 0.3 is 12.1 Å². The van der Waals surface area contributed by atoms with E-state index in [1.807, 2.05) is 24.3 Å². The number of alkyl carbamates (subject to hydrolysis) is 1. The Kier molecular flexibility index (Phi) is 10.0. The molecule has 0 bridgehead atoms. The lowest BCUT2D eigenvalue weighted by Crippen LogP contribution is -2.42. The molecular weight excluding hydrogens is 512 g/mol. The summed E-state index contributed by atoms with van der Waals surface area (Å²) in [4.78, 5) is 26.8. The highest BCUT2D eigenvalue weighted by atomic mass is 35.5. The van der Waals surface area contributed by atoms with Crippen LogP contribution in [-0.4, -0.2) is 54.4 Å². The Morgan fingerprint density at radius 1 is 0.897 bits per heavy atom. The molecule has 6 nitrogen and oxygen atoms in total. The number of hydrogen-bond donors (Lipinski definition) is 2. The molecule has 3 aromatic rings. The monoisotopic (exact) mass is 548 g/mol. The zero-order chi connectivity index (χ0) is 26.3. The first-order valence-corrected chi connectivity index (χ1v) is 13.7. The summed E-state index contributed by atoms with van der Waals surface area (Å²) < 4.78 is 5.55. The average Bonchev–Trinajstić information content (AvgIpc) is 3.26. The Labute approximate surface area is 236 Å². The summed E-state index contributed by atoms with van der Waals surface area (Å²) in [6.07, 6.45) is 3.86. The van der Waals surface area contributed by atoms with Crippen molar-refractivity contribution in [3.05, 3.63) is 95.6 Å². The van der Waals surface area contributed by atoms with Crippen molar-refractivity contribution in [1.82, 2.24) is 10.2 Å². The van der Waals surface area contributed by atoms with Gasteiger partial charge in [-0.15, -0.1) is 12.4 Å². The number of amides is 1. The molecule has 1 atom stereocenters. The van der Waals surface area contributed by atoms with Gasteiger partial charge in [0.05, 0.1) is 0 Å². The fourth-order valence-corrected chi connectivity index (χ4v) is 5.92. The van der Waals surface area contributed by atoms with E-state index in [9.17, 15) is 14.7 Å². The largest absolute Gasteiger partial charge is 0.480 e. The SMILES string of the molecule is Cl.O=C(NC(CCCN1CCC(Cc2ccccc2)CC1)C(=O)O)OCC1c2ccccc2-c2ccccc21. The number of carboxylic acid groups (broad SMARTS) is 1. The van der Waals surface area contributed by atoms with Gasteiger partial charge in [-0.05, 0) is 85.5 Å². The second-order valence-electron chi connectivity index (χ2n) is 10.5. The molecule has 3 aromatic carbocycles. The molecule has 1 fully saturated rings. The molecule has 39 heavy (non-hydrogen) atoms. The van der Waals surface area contributed by atoms with Gasteiger partial charge in [-0.2, -0.15) is 0 Å². The van der Waals surface area contributed by atoms with Crippen LogP contribution in [0.5, 0.6) is 0 Å². The van der Waals surface area contributed by atoms with Gasteiger partial charge < -0.3 is 20.1 Å². The number of likely N-dealkylation sites (tertiary alicyclic amines) is 1. The Balaban J connectivity index is 0.00000353. The number of hydrogen-bond acceptors (Lipinski definition) is 4. The highest BCUT2D eigenvalue weighted by Crippen LogP contribution is 2.44. The Hall–Kier alpha value is -3.35. The summed E-state index contributed by atoms with van der Waals surface area (Å²) in [5.74, 6) is -0.378. The zero-order valence-corrected chi connectivity index (χ0v) is 22.9. The summed E-state index contributed by atoms with van der Waals surface area (Å²) >= 11 is 0. The fraction of sp³-hybridized carbons (Fsp3) is 0.375. The highest BCUT2D eigenvalue weighted by molar-refractivity contribution is 5.85. The molecule has 0 radical (unpaired) electrons. The molecule has 1 heterocycles. The molecule has 7 heteroatoms. The van der Waals surface area contributed by atoms with Crippen LogP contribution in [0.1, 0.15) is 48.3 Å². The van der Waals surface area contributed by atoms with Crippen molar-refractivity contribution in [2.24, 2.45) is 5.92 Å². The Morgan fingerprint density at radius 3 is 2.10 bits per heavy atom. The van der Waals surface area contributed by atoms with E-state index in [1.165, 1.54) is 5.56 Å². The maximum atomic E-state index is 12.6. The third kappa shape index (κ3) is 7.20. The maximum absolute atomic E-state index is 12.6. The molecule has 0 aromatic heterocycles. The standard InChI is InChI=1S/C32H36N2O4.ClH/c35-31(36)30(15-8-18-34-19-16-24(17-20-34)21-23-9-2-1-3-10-23)33-32(37)38-22-29-27-13-6-4-11-25(27)26-12-5-7-14-28(26)29;/h1-7,9-14,24,29-30H,8,15-22H2,(H,33,37)(H,35,36);1H. The van der Waals surface area contributed by atoms with Crippen LogP contribution in [0.4, 0.5) is 4.79 Å². The normalized spacial score (nSPS) is 16.0. The first-order chi connectivity index (χ1) is 18.6. The topological polar surface area (TPSA) is 78.9 Å². The van der Waals surface area contributed by atoms with E-state index < -0.39 is 18.1 Å². The fourth-order valence-electron chi connectivity index (χ4n) is 5.92. The third-order valence-corrected chi connectivity index (χ3v) is 7.98. The predicted molar refractivity (Wildman–Crippen MR) is 155 cm³/mol. The molecule has 0 saturated carbocycles. The van der Waals surface area contributed by atoms with E-state index in [4.69, 9.17) is 4.74 Å². The van der Waals surface area contributed by atoms with E-state index in [0.29, 0.717) is 18.8 Å². The van der Waals surface area contributed by atoms with Gasteiger partial charge in [-0.3, -0.25) is 0 Å². The van der Waals surface area contributed by atoms with Crippen LogP contribution in [0.2, 0.25) is 0 Å². The molecule has 0 spiro atoms. The number of ether oxygens (including phenoxy) is 1. The molecule has 1 aliphatic heterocycles. The Bertz CT molecular complexity index is 1200. The minimum absolute atomic E-state index is 0. The van der Waals surface area contributed by atoms with Gasteiger partial charge in [0.25, 0.3) is 0 Å². The van der Waals surface area contributed by atoms with E-state index >= 15 is 0 Å². The van der Waals surface area contributed by atoms with Crippen LogP contribution in [0.15, 0.2) is 78.9 Å². The smallest absolute Gasteiger partial charge is 0.407 e. The number of carbonyl (C=O) groups excluding carboxylic acids is 1. The molecule has 2 aliphatic rings. The van der Waals surface area contributed by atoms with Crippen LogP contribution < -0.4 is 5.32 Å². The van der Waals surface area contributed by atoms with E-state index in [2.05, 4.69) is 64.8 Å². The number of fused-ring (bicyclic) bond motifs is 3. The molecule has 5 rings (SSSR count). The van der Waals surface area contributed by atoms with E-state index in [-0.39, 0.29) is 24.9 Å². The molecule has 1 amide bonds. The Morgan fingerprint density at radius 2 is 1.49 bits per heavy atom. The lowest BCUT2D eigenvalue weighted by atomic mass is 9.90. The van der Waals surface area contributed by atoms with Crippen LogP contribution in [0.3, 0.4) is 0 Å². The minimum atomic E-state index is -1.03. The van der Waals surface area contributed by atoms with Crippen LogP contribution in [-0.2, 0) is 16.0 Å². The van der Waals surface area contributed by atoms with Crippen molar-refractivity contribution in [2.75, 3.05) is 26.2 Å². The number of carboxylic acids is 1. The van der Waals surface area contributed by atoms with Gasteiger partial charge in [0, 0.05) is 5.92 Å². The van der Waals surface area contributed by atoms with Gasteiger partial charge in [-0.25, -0.2) is 9.59 Å².